The second-order valence-electron chi connectivity index (χ2n) is 7.35. The molecule has 2 atom stereocenters. The van der Waals surface area contributed by atoms with Gasteiger partial charge >= 0.3 is 0 Å². The molecule has 1 aliphatic carbocycles. The molecule has 0 saturated carbocycles. The van der Waals surface area contributed by atoms with Crippen LogP contribution in [0, 0.1) is 5.41 Å². The zero-order valence-electron chi connectivity index (χ0n) is 13.0. The van der Waals surface area contributed by atoms with Crippen LogP contribution in [-0.4, -0.2) is 17.6 Å². The van der Waals surface area contributed by atoms with E-state index in [2.05, 4.69) is 25.7 Å². The minimum absolute atomic E-state index is 0.183. The zero-order valence-corrected chi connectivity index (χ0v) is 13.8. The number of fused-ring (bicyclic) bond motifs is 1. The molecule has 1 aromatic heterocycles. The Hall–Kier alpha value is -0.610. The maximum Gasteiger partial charge on any atom is 0.186 e. The highest BCUT2D eigenvalue weighted by molar-refractivity contribution is 7.15. The van der Waals surface area contributed by atoms with Crippen molar-refractivity contribution in [1.29, 1.82) is 0 Å². The molecule has 2 heterocycles. The van der Waals surface area contributed by atoms with Gasteiger partial charge in [-0.05, 0) is 38.0 Å². The molecule has 1 aliphatic heterocycles. The van der Waals surface area contributed by atoms with Gasteiger partial charge in [-0.3, -0.25) is 0 Å². The van der Waals surface area contributed by atoms with Crippen molar-refractivity contribution >= 4 is 16.5 Å². The van der Waals surface area contributed by atoms with Gasteiger partial charge in [0.25, 0.3) is 0 Å². The average Bonchev–Trinajstić information content (AvgIpc) is 2.63. The minimum atomic E-state index is 0.183. The average molecular weight is 293 g/mol. The highest BCUT2D eigenvalue weighted by Crippen LogP contribution is 2.44. The number of aromatic nitrogens is 1. The quantitative estimate of drug-likeness (QED) is 0.854. The van der Waals surface area contributed by atoms with E-state index >= 15 is 0 Å². The third kappa shape index (κ3) is 2.73. The lowest BCUT2D eigenvalue weighted by atomic mass is 9.77. The summed E-state index contributed by atoms with van der Waals surface area (Å²) in [5.41, 5.74) is 7.94. The van der Waals surface area contributed by atoms with Crippen molar-refractivity contribution in [3.05, 3.63) is 10.6 Å². The van der Waals surface area contributed by atoms with Crippen molar-refractivity contribution < 1.29 is 0 Å². The topological polar surface area (TPSA) is 42.2 Å². The first-order chi connectivity index (χ1) is 9.46. The molecule has 1 fully saturated rings. The summed E-state index contributed by atoms with van der Waals surface area (Å²) >= 11 is 1.85. The van der Waals surface area contributed by atoms with Crippen LogP contribution in [0.3, 0.4) is 0 Å². The van der Waals surface area contributed by atoms with Crippen LogP contribution >= 0.6 is 11.3 Å². The van der Waals surface area contributed by atoms with Gasteiger partial charge in [0.05, 0.1) is 5.69 Å². The third-order valence-corrected chi connectivity index (χ3v) is 6.04. The fraction of sp³-hybridized carbons (Fsp3) is 0.812. The Morgan fingerprint density at radius 3 is 2.90 bits per heavy atom. The molecule has 2 N–H and O–H groups in total. The van der Waals surface area contributed by atoms with Gasteiger partial charge in [0.1, 0.15) is 0 Å². The highest BCUT2D eigenvalue weighted by Gasteiger charge is 2.34. The van der Waals surface area contributed by atoms with E-state index in [-0.39, 0.29) is 6.04 Å². The van der Waals surface area contributed by atoms with Crippen molar-refractivity contribution in [1.82, 2.24) is 4.98 Å². The van der Waals surface area contributed by atoms with E-state index in [4.69, 9.17) is 10.7 Å². The van der Waals surface area contributed by atoms with Crippen LogP contribution in [0.2, 0.25) is 0 Å². The van der Waals surface area contributed by atoms with Crippen LogP contribution in [0.5, 0.6) is 0 Å². The van der Waals surface area contributed by atoms with E-state index in [1.165, 1.54) is 41.4 Å². The van der Waals surface area contributed by atoms with Gasteiger partial charge in [0.15, 0.2) is 5.13 Å². The number of nitrogens with zero attached hydrogens (tertiary/aromatic N) is 2. The van der Waals surface area contributed by atoms with Crippen LogP contribution in [0.1, 0.15) is 69.5 Å². The van der Waals surface area contributed by atoms with E-state index in [0.29, 0.717) is 11.5 Å². The van der Waals surface area contributed by atoms with Gasteiger partial charge in [-0.2, -0.15) is 0 Å². The first-order valence-electron chi connectivity index (χ1n) is 7.98. The summed E-state index contributed by atoms with van der Waals surface area (Å²) in [4.78, 5) is 8.84. The molecule has 1 saturated heterocycles. The van der Waals surface area contributed by atoms with Crippen molar-refractivity contribution in [2.75, 3.05) is 11.4 Å². The van der Waals surface area contributed by atoms with E-state index in [1.54, 1.807) is 0 Å². The maximum absolute atomic E-state index is 6.38. The molecular formula is C16H27N3S. The predicted octanol–water partition coefficient (Wildman–Crippen LogP) is 3.88. The predicted molar refractivity (Wildman–Crippen MR) is 86.4 cm³/mol. The van der Waals surface area contributed by atoms with Crippen molar-refractivity contribution in [3.8, 4) is 0 Å². The Morgan fingerprint density at radius 2 is 2.10 bits per heavy atom. The lowest BCUT2D eigenvalue weighted by Gasteiger charge is -2.32. The summed E-state index contributed by atoms with van der Waals surface area (Å²) < 4.78 is 0. The molecule has 1 aromatic rings. The van der Waals surface area contributed by atoms with Gasteiger partial charge in [-0.15, -0.1) is 0 Å². The van der Waals surface area contributed by atoms with Crippen molar-refractivity contribution in [2.24, 2.45) is 11.1 Å². The number of rotatable bonds is 1. The summed E-state index contributed by atoms with van der Waals surface area (Å²) in [6, 6.07) is 0.802. The minimum Gasteiger partial charge on any atom is -0.345 e. The number of hydrogen-bond donors (Lipinski definition) is 1. The van der Waals surface area contributed by atoms with Crippen LogP contribution in [0.4, 0.5) is 5.13 Å². The summed E-state index contributed by atoms with van der Waals surface area (Å²) in [7, 11) is 0. The van der Waals surface area contributed by atoms with E-state index in [1.807, 2.05) is 11.3 Å². The number of thiazole rings is 1. The molecule has 2 unspecified atom stereocenters. The molecule has 3 rings (SSSR count). The molecule has 0 bridgehead atoms. The van der Waals surface area contributed by atoms with E-state index in [0.717, 1.165) is 19.4 Å². The Kier molecular flexibility index (Phi) is 3.80. The first-order valence-corrected chi connectivity index (χ1v) is 8.80. The number of hydrogen-bond acceptors (Lipinski definition) is 4. The Labute approximate surface area is 126 Å². The van der Waals surface area contributed by atoms with Gasteiger partial charge in [0.2, 0.25) is 0 Å². The smallest absolute Gasteiger partial charge is 0.186 e. The first kappa shape index (κ1) is 14.3. The molecular weight excluding hydrogens is 266 g/mol. The fourth-order valence-electron chi connectivity index (χ4n) is 3.66. The monoisotopic (exact) mass is 293 g/mol. The lowest BCUT2D eigenvalue weighted by molar-refractivity contribution is 0.282. The van der Waals surface area contributed by atoms with Gasteiger partial charge < -0.3 is 10.6 Å². The fourth-order valence-corrected chi connectivity index (χ4v) is 4.87. The standard InChI is InChI=1S/C16H27N3S/c1-11-7-5-4-6-8-19(11)15-18-13-10-16(2,3)9-12(17)14(13)20-15/h11-12H,4-10,17H2,1-3H3. The number of anilines is 1. The van der Waals surface area contributed by atoms with E-state index < -0.39 is 0 Å². The van der Waals surface area contributed by atoms with Crippen LogP contribution in [-0.2, 0) is 6.42 Å². The summed E-state index contributed by atoms with van der Waals surface area (Å²) in [6.45, 7) is 8.12. The lowest BCUT2D eigenvalue weighted by Crippen LogP contribution is -2.32. The maximum atomic E-state index is 6.38. The molecule has 112 valence electrons. The largest absolute Gasteiger partial charge is 0.345 e. The van der Waals surface area contributed by atoms with Crippen molar-refractivity contribution in [2.45, 2.75) is 71.4 Å². The number of nitrogens with two attached hydrogens (primary N) is 1. The molecule has 3 nitrogen and oxygen atoms in total. The zero-order chi connectivity index (χ0) is 14.3. The Morgan fingerprint density at radius 1 is 1.30 bits per heavy atom. The van der Waals surface area contributed by atoms with E-state index in [9.17, 15) is 0 Å². The highest BCUT2D eigenvalue weighted by atomic mass is 32.1. The molecule has 2 aliphatic rings. The SMILES string of the molecule is CC1CCCCCN1c1nc2c(s1)C(N)CC(C)(C)C2. The Bertz CT molecular complexity index is 480. The Balaban J connectivity index is 1.89. The third-order valence-electron chi connectivity index (χ3n) is 4.77. The van der Waals surface area contributed by atoms with Crippen LogP contribution in [0.25, 0.3) is 0 Å². The molecule has 0 radical (unpaired) electrons. The normalized spacial score (nSPS) is 29.9. The van der Waals surface area contributed by atoms with Crippen molar-refractivity contribution in [3.63, 3.8) is 0 Å². The van der Waals surface area contributed by atoms with Crippen LogP contribution < -0.4 is 10.6 Å². The van der Waals surface area contributed by atoms with Gasteiger partial charge in [-0.1, -0.05) is 38.0 Å². The molecule has 4 heteroatoms. The van der Waals surface area contributed by atoms with Crippen LogP contribution in [0.15, 0.2) is 0 Å². The molecule has 0 aromatic carbocycles. The summed E-state index contributed by atoms with van der Waals surface area (Å²) in [6.07, 6.45) is 7.47. The summed E-state index contributed by atoms with van der Waals surface area (Å²) in [5, 5.41) is 1.22. The summed E-state index contributed by atoms with van der Waals surface area (Å²) in [5.74, 6) is 0. The van der Waals surface area contributed by atoms with Gasteiger partial charge in [-0.25, -0.2) is 4.98 Å². The second-order valence-corrected chi connectivity index (χ2v) is 8.36. The molecule has 0 amide bonds. The molecule has 20 heavy (non-hydrogen) atoms. The molecule has 0 spiro atoms. The second kappa shape index (κ2) is 5.30. The van der Waals surface area contributed by atoms with Gasteiger partial charge in [0, 0.05) is 23.5 Å².